The van der Waals surface area contributed by atoms with Crippen LogP contribution in [0.5, 0.6) is 0 Å². The fraction of sp³-hybridized carbons (Fsp3) is 1.00. The molecule has 3 atom stereocenters. The minimum Gasteiger partial charge on any atom is -0.326 e. The number of hydrogen-bond donors (Lipinski definition) is 1. The highest BCUT2D eigenvalue weighted by molar-refractivity contribution is 5.00. The Balaban J connectivity index is 2.77. The SMILES string of the molecule is CCC(CC)CC(N)C1(N(C)C)CCCC(C)C1. The molecule has 2 heteroatoms. The maximum Gasteiger partial charge on any atom is 0.0356 e. The standard InChI is InChI=1S/C16H34N2/c1-6-14(7-2)11-15(17)16(18(4)5)10-8-9-13(3)12-16/h13-15H,6-12,17H2,1-5H3. The van der Waals surface area contributed by atoms with E-state index in [9.17, 15) is 0 Å². The molecule has 0 aromatic heterocycles. The van der Waals surface area contributed by atoms with E-state index < -0.39 is 0 Å². The number of likely N-dealkylation sites (N-methyl/N-ethyl adjacent to an activating group) is 1. The second-order valence-corrected chi connectivity index (χ2v) is 6.72. The molecule has 0 aromatic carbocycles. The Morgan fingerprint density at radius 2 is 1.89 bits per heavy atom. The average Bonchev–Trinajstić information content (AvgIpc) is 2.35. The van der Waals surface area contributed by atoms with Crippen molar-refractivity contribution in [3.8, 4) is 0 Å². The third-order valence-corrected chi connectivity index (χ3v) is 5.33. The highest BCUT2D eigenvalue weighted by Crippen LogP contribution is 2.39. The topological polar surface area (TPSA) is 29.3 Å². The second-order valence-electron chi connectivity index (χ2n) is 6.72. The Bertz CT molecular complexity index is 235. The van der Waals surface area contributed by atoms with Crippen LogP contribution in [0.1, 0.15) is 65.7 Å². The van der Waals surface area contributed by atoms with Gasteiger partial charge in [0.15, 0.2) is 0 Å². The van der Waals surface area contributed by atoms with E-state index in [2.05, 4.69) is 39.8 Å². The van der Waals surface area contributed by atoms with Gasteiger partial charge in [0.05, 0.1) is 0 Å². The van der Waals surface area contributed by atoms with Crippen LogP contribution in [0.3, 0.4) is 0 Å². The summed E-state index contributed by atoms with van der Waals surface area (Å²) < 4.78 is 0. The first-order valence-electron chi connectivity index (χ1n) is 7.89. The summed E-state index contributed by atoms with van der Waals surface area (Å²) in [5.74, 6) is 1.63. The van der Waals surface area contributed by atoms with Gasteiger partial charge in [-0.2, -0.15) is 0 Å². The van der Waals surface area contributed by atoms with Crippen molar-refractivity contribution in [2.24, 2.45) is 17.6 Å². The van der Waals surface area contributed by atoms with Crippen molar-refractivity contribution in [3.05, 3.63) is 0 Å². The quantitative estimate of drug-likeness (QED) is 0.784. The molecular formula is C16H34N2. The third kappa shape index (κ3) is 3.48. The van der Waals surface area contributed by atoms with E-state index in [0.717, 1.165) is 11.8 Å². The van der Waals surface area contributed by atoms with Gasteiger partial charge >= 0.3 is 0 Å². The van der Waals surface area contributed by atoms with E-state index in [-0.39, 0.29) is 5.54 Å². The van der Waals surface area contributed by atoms with Crippen LogP contribution in [0.2, 0.25) is 0 Å². The lowest BCUT2D eigenvalue weighted by atomic mass is 9.69. The molecule has 0 bridgehead atoms. The highest BCUT2D eigenvalue weighted by atomic mass is 15.2. The Hall–Kier alpha value is -0.0800. The lowest BCUT2D eigenvalue weighted by Crippen LogP contribution is -2.59. The van der Waals surface area contributed by atoms with Crippen LogP contribution in [0, 0.1) is 11.8 Å². The summed E-state index contributed by atoms with van der Waals surface area (Å²) in [5.41, 5.74) is 6.91. The molecule has 2 N–H and O–H groups in total. The van der Waals surface area contributed by atoms with Gasteiger partial charge in [-0.15, -0.1) is 0 Å². The van der Waals surface area contributed by atoms with Crippen molar-refractivity contribution < 1.29 is 0 Å². The molecular weight excluding hydrogens is 220 g/mol. The van der Waals surface area contributed by atoms with Gasteiger partial charge in [-0.1, -0.05) is 46.5 Å². The molecule has 3 unspecified atom stereocenters. The smallest absolute Gasteiger partial charge is 0.0356 e. The summed E-state index contributed by atoms with van der Waals surface area (Å²) in [6.45, 7) is 6.99. The van der Waals surface area contributed by atoms with Crippen molar-refractivity contribution in [2.75, 3.05) is 14.1 Å². The van der Waals surface area contributed by atoms with Crippen molar-refractivity contribution in [2.45, 2.75) is 77.3 Å². The Morgan fingerprint density at radius 1 is 1.28 bits per heavy atom. The monoisotopic (exact) mass is 254 g/mol. The van der Waals surface area contributed by atoms with E-state index in [4.69, 9.17) is 5.73 Å². The minimum atomic E-state index is 0.250. The molecule has 0 aliphatic heterocycles. The van der Waals surface area contributed by atoms with Crippen LogP contribution in [-0.2, 0) is 0 Å². The fourth-order valence-corrected chi connectivity index (χ4v) is 3.84. The van der Waals surface area contributed by atoms with Gasteiger partial charge in [-0.25, -0.2) is 0 Å². The van der Waals surface area contributed by atoms with Crippen molar-refractivity contribution in [3.63, 3.8) is 0 Å². The van der Waals surface area contributed by atoms with Gasteiger partial charge < -0.3 is 10.6 Å². The predicted molar refractivity (Wildman–Crippen MR) is 80.7 cm³/mol. The molecule has 0 amide bonds. The van der Waals surface area contributed by atoms with E-state index in [1.54, 1.807) is 0 Å². The number of hydrogen-bond acceptors (Lipinski definition) is 2. The van der Waals surface area contributed by atoms with Gasteiger partial charge in [0.2, 0.25) is 0 Å². The van der Waals surface area contributed by atoms with Crippen molar-refractivity contribution >= 4 is 0 Å². The van der Waals surface area contributed by atoms with Gasteiger partial charge in [-0.05, 0) is 45.2 Å². The summed E-state index contributed by atoms with van der Waals surface area (Å²) in [7, 11) is 4.45. The van der Waals surface area contributed by atoms with E-state index in [0.29, 0.717) is 6.04 Å². The molecule has 1 aliphatic rings. The summed E-state index contributed by atoms with van der Waals surface area (Å²) in [6, 6.07) is 0.333. The van der Waals surface area contributed by atoms with Crippen LogP contribution < -0.4 is 5.73 Å². The number of nitrogens with two attached hydrogens (primary N) is 1. The lowest BCUT2D eigenvalue weighted by molar-refractivity contribution is 0.0418. The maximum absolute atomic E-state index is 6.66. The van der Waals surface area contributed by atoms with E-state index in [1.165, 1.54) is 44.9 Å². The number of rotatable bonds is 6. The first kappa shape index (κ1) is 16.0. The van der Waals surface area contributed by atoms with Gasteiger partial charge in [-0.3, -0.25) is 0 Å². The minimum absolute atomic E-state index is 0.250. The van der Waals surface area contributed by atoms with Gasteiger partial charge in [0, 0.05) is 11.6 Å². The average molecular weight is 254 g/mol. The molecule has 0 radical (unpaired) electrons. The Morgan fingerprint density at radius 3 is 2.33 bits per heavy atom. The van der Waals surface area contributed by atoms with Crippen LogP contribution >= 0.6 is 0 Å². The zero-order valence-electron chi connectivity index (χ0n) is 13.2. The van der Waals surface area contributed by atoms with Crippen LogP contribution in [0.25, 0.3) is 0 Å². The molecule has 1 rings (SSSR count). The van der Waals surface area contributed by atoms with Crippen LogP contribution in [-0.4, -0.2) is 30.6 Å². The summed E-state index contributed by atoms with van der Waals surface area (Å²) >= 11 is 0. The highest BCUT2D eigenvalue weighted by Gasteiger charge is 2.42. The molecule has 1 saturated carbocycles. The molecule has 2 nitrogen and oxygen atoms in total. The lowest BCUT2D eigenvalue weighted by Gasteiger charge is -2.49. The zero-order valence-corrected chi connectivity index (χ0v) is 13.2. The first-order chi connectivity index (χ1) is 8.46. The normalized spacial score (nSPS) is 31.0. The number of nitrogens with zero attached hydrogens (tertiary/aromatic N) is 1. The summed E-state index contributed by atoms with van der Waals surface area (Å²) in [6.07, 6.45) is 9.01. The van der Waals surface area contributed by atoms with Crippen LogP contribution in [0.4, 0.5) is 0 Å². The summed E-state index contributed by atoms with van der Waals surface area (Å²) in [4.78, 5) is 2.43. The molecule has 0 aromatic rings. The van der Waals surface area contributed by atoms with Gasteiger partial charge in [0.25, 0.3) is 0 Å². The van der Waals surface area contributed by atoms with E-state index >= 15 is 0 Å². The largest absolute Gasteiger partial charge is 0.326 e. The van der Waals surface area contributed by atoms with Gasteiger partial charge in [0.1, 0.15) is 0 Å². The third-order valence-electron chi connectivity index (χ3n) is 5.33. The maximum atomic E-state index is 6.66. The molecule has 1 aliphatic carbocycles. The molecule has 108 valence electrons. The molecule has 0 spiro atoms. The fourth-order valence-electron chi connectivity index (χ4n) is 3.84. The summed E-state index contributed by atoms with van der Waals surface area (Å²) in [5, 5.41) is 0. The van der Waals surface area contributed by atoms with Crippen LogP contribution in [0.15, 0.2) is 0 Å². The molecule has 0 heterocycles. The van der Waals surface area contributed by atoms with Crippen molar-refractivity contribution in [1.29, 1.82) is 0 Å². The second kappa shape index (κ2) is 6.91. The molecule has 1 fully saturated rings. The Kier molecular flexibility index (Phi) is 6.13. The first-order valence-corrected chi connectivity index (χ1v) is 7.89. The predicted octanol–water partition coefficient (Wildman–Crippen LogP) is 3.65. The van der Waals surface area contributed by atoms with Crippen molar-refractivity contribution in [1.82, 2.24) is 4.90 Å². The molecule has 18 heavy (non-hydrogen) atoms. The van der Waals surface area contributed by atoms with E-state index in [1.807, 2.05) is 0 Å². The Labute approximate surface area is 114 Å². The zero-order chi connectivity index (χ0) is 13.8. The molecule has 0 saturated heterocycles.